The Balaban J connectivity index is 2.03. The second-order valence-corrected chi connectivity index (χ2v) is 5.32. The van der Waals surface area contributed by atoms with Crippen LogP contribution in [-0.4, -0.2) is 10.2 Å². The summed E-state index contributed by atoms with van der Waals surface area (Å²) in [5.41, 5.74) is 1.52. The number of hydrogen-bond acceptors (Lipinski definition) is 4. The number of halogens is 2. The van der Waals surface area contributed by atoms with Gasteiger partial charge in [-0.15, -0.1) is 0 Å². The van der Waals surface area contributed by atoms with Crippen LogP contribution >= 0.6 is 23.2 Å². The lowest BCUT2D eigenvalue weighted by Gasteiger charge is -2.08. The molecule has 0 saturated carbocycles. The van der Waals surface area contributed by atoms with Crippen LogP contribution in [0.15, 0.2) is 48.5 Å². The number of rotatable bonds is 6. The average molecular weight is 352 g/mol. The Morgan fingerprint density at radius 3 is 2.48 bits per heavy atom. The van der Waals surface area contributed by atoms with Crippen LogP contribution in [-0.2, 0) is 11.4 Å². The maximum atomic E-state index is 10.7. The van der Waals surface area contributed by atoms with E-state index in [1.807, 2.05) is 0 Å². The van der Waals surface area contributed by atoms with Gasteiger partial charge >= 0.3 is 0 Å². The molecule has 0 atom stereocenters. The van der Waals surface area contributed by atoms with E-state index in [1.54, 1.807) is 36.4 Å². The van der Waals surface area contributed by atoms with Gasteiger partial charge in [-0.1, -0.05) is 23.7 Å². The first-order valence-corrected chi connectivity index (χ1v) is 7.24. The highest BCUT2D eigenvalue weighted by Gasteiger charge is 2.06. The van der Waals surface area contributed by atoms with Gasteiger partial charge in [-0.3, -0.25) is 14.9 Å². The molecule has 0 spiro atoms. The van der Waals surface area contributed by atoms with E-state index in [9.17, 15) is 14.9 Å². The summed E-state index contributed by atoms with van der Waals surface area (Å²) < 4.78 is 5.58. The minimum absolute atomic E-state index is 0.0248. The van der Waals surface area contributed by atoms with Crippen LogP contribution in [0.25, 0.3) is 6.08 Å². The Labute approximate surface area is 142 Å². The van der Waals surface area contributed by atoms with Crippen LogP contribution < -0.4 is 4.74 Å². The summed E-state index contributed by atoms with van der Waals surface area (Å²) in [6, 6.07) is 11.1. The third-order valence-electron chi connectivity index (χ3n) is 2.90. The molecule has 0 saturated heterocycles. The van der Waals surface area contributed by atoms with E-state index in [0.717, 1.165) is 5.56 Å². The summed E-state index contributed by atoms with van der Waals surface area (Å²) in [5, 5.41) is 10.4. The SMILES string of the molecule is O=C(Cl)/C=C/c1ccc(OCc2ccc([N+](=O)[O-])cc2)c(Cl)c1. The molecule has 2 aromatic rings. The molecule has 5 nitrogen and oxygen atoms in total. The highest BCUT2D eigenvalue weighted by Crippen LogP contribution is 2.27. The van der Waals surface area contributed by atoms with E-state index in [0.29, 0.717) is 16.3 Å². The number of ether oxygens (including phenoxy) is 1. The van der Waals surface area contributed by atoms with Gasteiger partial charge in [-0.25, -0.2) is 0 Å². The zero-order valence-electron chi connectivity index (χ0n) is 11.7. The standard InChI is InChI=1S/C16H11Cl2NO4/c17-14-9-11(4-8-16(18)20)3-7-15(14)23-10-12-1-5-13(6-2-12)19(21)22/h1-9H,10H2/b8-4+. The Morgan fingerprint density at radius 1 is 1.22 bits per heavy atom. The Morgan fingerprint density at radius 2 is 1.91 bits per heavy atom. The van der Waals surface area contributed by atoms with Crippen molar-refractivity contribution in [1.82, 2.24) is 0 Å². The fourth-order valence-corrected chi connectivity index (χ4v) is 2.08. The van der Waals surface area contributed by atoms with Crippen molar-refractivity contribution in [2.75, 3.05) is 0 Å². The molecule has 0 radical (unpaired) electrons. The number of allylic oxidation sites excluding steroid dienone is 1. The maximum absolute atomic E-state index is 10.7. The molecule has 0 unspecified atom stereocenters. The number of nitro groups is 1. The molecule has 0 aliphatic heterocycles. The van der Waals surface area contributed by atoms with Crippen molar-refractivity contribution in [2.24, 2.45) is 0 Å². The monoisotopic (exact) mass is 351 g/mol. The molecular weight excluding hydrogens is 341 g/mol. The summed E-state index contributed by atoms with van der Waals surface area (Å²) in [4.78, 5) is 20.8. The molecule has 0 aliphatic rings. The van der Waals surface area contributed by atoms with Crippen LogP contribution in [0, 0.1) is 10.1 Å². The molecule has 0 fully saturated rings. The fraction of sp³-hybridized carbons (Fsp3) is 0.0625. The van der Waals surface area contributed by atoms with Crippen molar-refractivity contribution in [3.05, 3.63) is 74.8 Å². The van der Waals surface area contributed by atoms with E-state index in [-0.39, 0.29) is 12.3 Å². The fourth-order valence-electron chi connectivity index (χ4n) is 1.77. The number of nitrogens with zero attached hydrogens (tertiary/aromatic N) is 1. The molecule has 0 aromatic heterocycles. The van der Waals surface area contributed by atoms with Crippen molar-refractivity contribution in [1.29, 1.82) is 0 Å². The zero-order valence-corrected chi connectivity index (χ0v) is 13.3. The van der Waals surface area contributed by atoms with Crippen LogP contribution in [0.1, 0.15) is 11.1 Å². The van der Waals surface area contributed by atoms with Crippen LogP contribution in [0.3, 0.4) is 0 Å². The molecule has 0 amide bonds. The molecule has 2 aromatic carbocycles. The number of carbonyl (C=O) groups is 1. The van der Waals surface area contributed by atoms with Crippen molar-refractivity contribution in [3.8, 4) is 5.75 Å². The average Bonchev–Trinajstić information content (AvgIpc) is 2.52. The van der Waals surface area contributed by atoms with Crippen LogP contribution in [0.4, 0.5) is 5.69 Å². The van der Waals surface area contributed by atoms with Crippen molar-refractivity contribution in [3.63, 3.8) is 0 Å². The summed E-state index contributed by atoms with van der Waals surface area (Å²) >= 11 is 11.3. The lowest BCUT2D eigenvalue weighted by Crippen LogP contribution is -1.96. The van der Waals surface area contributed by atoms with Gasteiger partial charge in [0.2, 0.25) is 5.24 Å². The van der Waals surface area contributed by atoms with Gasteiger partial charge in [-0.2, -0.15) is 0 Å². The molecule has 118 valence electrons. The predicted octanol–water partition coefficient (Wildman–Crippen LogP) is 4.61. The van der Waals surface area contributed by atoms with Crippen molar-refractivity contribution in [2.45, 2.75) is 6.61 Å². The van der Waals surface area contributed by atoms with Crippen LogP contribution in [0.5, 0.6) is 5.75 Å². The topological polar surface area (TPSA) is 69.4 Å². The van der Waals surface area contributed by atoms with E-state index in [1.165, 1.54) is 18.2 Å². The summed E-state index contributed by atoms with van der Waals surface area (Å²) in [5.74, 6) is 0.472. The first kappa shape index (κ1) is 17.0. The van der Waals surface area contributed by atoms with E-state index in [4.69, 9.17) is 27.9 Å². The number of hydrogen-bond donors (Lipinski definition) is 0. The lowest BCUT2D eigenvalue weighted by atomic mass is 10.2. The van der Waals surface area contributed by atoms with Gasteiger partial charge < -0.3 is 4.74 Å². The van der Waals surface area contributed by atoms with Crippen LogP contribution in [0.2, 0.25) is 5.02 Å². The Kier molecular flexibility index (Phi) is 5.73. The summed E-state index contributed by atoms with van der Waals surface area (Å²) in [6.07, 6.45) is 2.77. The molecule has 0 aliphatic carbocycles. The normalized spacial score (nSPS) is 10.7. The smallest absolute Gasteiger partial charge is 0.269 e. The minimum Gasteiger partial charge on any atom is -0.487 e. The molecule has 2 rings (SSSR count). The van der Waals surface area contributed by atoms with E-state index in [2.05, 4.69) is 0 Å². The highest BCUT2D eigenvalue weighted by atomic mass is 35.5. The minimum atomic E-state index is -0.570. The first-order chi connectivity index (χ1) is 11.0. The Hall–Kier alpha value is -2.37. The van der Waals surface area contributed by atoms with E-state index >= 15 is 0 Å². The quantitative estimate of drug-likeness (QED) is 0.330. The molecule has 23 heavy (non-hydrogen) atoms. The maximum Gasteiger partial charge on any atom is 0.269 e. The summed E-state index contributed by atoms with van der Waals surface area (Å²) in [7, 11) is 0. The first-order valence-electron chi connectivity index (χ1n) is 6.49. The summed E-state index contributed by atoms with van der Waals surface area (Å²) in [6.45, 7) is 0.229. The van der Waals surface area contributed by atoms with Crippen molar-refractivity contribution >= 4 is 40.2 Å². The predicted molar refractivity (Wildman–Crippen MR) is 88.8 cm³/mol. The molecule has 0 heterocycles. The zero-order chi connectivity index (χ0) is 16.8. The van der Waals surface area contributed by atoms with Gasteiger partial charge in [0.1, 0.15) is 12.4 Å². The number of carbonyl (C=O) groups excluding carboxylic acids is 1. The number of benzene rings is 2. The Bertz CT molecular complexity index is 757. The molecular formula is C16H11Cl2NO4. The van der Waals surface area contributed by atoms with Crippen molar-refractivity contribution < 1.29 is 14.5 Å². The third kappa shape index (κ3) is 5.09. The van der Waals surface area contributed by atoms with Gasteiger partial charge in [0.15, 0.2) is 0 Å². The lowest BCUT2D eigenvalue weighted by molar-refractivity contribution is -0.384. The largest absolute Gasteiger partial charge is 0.487 e. The number of non-ortho nitro benzene ring substituents is 1. The van der Waals surface area contributed by atoms with Gasteiger partial charge in [-0.05, 0) is 53.1 Å². The third-order valence-corrected chi connectivity index (χ3v) is 3.33. The molecule has 0 N–H and O–H groups in total. The second kappa shape index (κ2) is 7.76. The molecule has 0 bridgehead atoms. The second-order valence-electron chi connectivity index (χ2n) is 4.54. The van der Waals surface area contributed by atoms with Gasteiger partial charge in [0.25, 0.3) is 5.69 Å². The van der Waals surface area contributed by atoms with E-state index < -0.39 is 10.2 Å². The van der Waals surface area contributed by atoms with Gasteiger partial charge in [0, 0.05) is 12.1 Å². The van der Waals surface area contributed by atoms with Gasteiger partial charge in [0.05, 0.1) is 9.95 Å². The highest BCUT2D eigenvalue weighted by molar-refractivity contribution is 6.66. The number of nitro benzene ring substituents is 1. The molecule has 7 heteroatoms.